The molecule has 7 nitrogen and oxygen atoms in total. The van der Waals surface area contributed by atoms with E-state index in [-0.39, 0.29) is 17.2 Å². The minimum Gasteiger partial charge on any atom is -0.325 e. The van der Waals surface area contributed by atoms with Crippen LogP contribution in [0.15, 0.2) is 52.4 Å². The van der Waals surface area contributed by atoms with E-state index in [2.05, 4.69) is 22.4 Å². The maximum absolute atomic E-state index is 13.0. The minimum atomic E-state index is -0.176. The number of hydrogen-bond acceptors (Lipinski definition) is 5. The molecule has 9 heteroatoms. The topological polar surface area (TPSA) is 81.3 Å². The predicted octanol–water partition coefficient (Wildman–Crippen LogP) is 4.54. The zero-order chi connectivity index (χ0) is 22.0. The number of rotatable bonds is 7. The molecule has 1 N–H and O–H groups in total. The molecule has 0 atom stereocenters. The third-order valence-corrected chi connectivity index (χ3v) is 6.34. The molecule has 0 unspecified atom stereocenters. The summed E-state index contributed by atoms with van der Waals surface area (Å²) < 4.78 is 3.52. The number of nitrogens with one attached hydrogen (secondary N) is 1. The van der Waals surface area contributed by atoms with Gasteiger partial charge in [-0.05, 0) is 43.2 Å². The quantitative estimate of drug-likeness (QED) is 0.414. The van der Waals surface area contributed by atoms with Crippen molar-refractivity contribution >= 4 is 51.6 Å². The molecule has 4 aromatic rings. The maximum atomic E-state index is 13.0. The number of unbranched alkanes of at least 4 members (excludes halogenated alkanes) is 1. The van der Waals surface area contributed by atoms with Gasteiger partial charge in [-0.15, -0.1) is 10.2 Å². The Kier molecular flexibility index (Phi) is 6.29. The van der Waals surface area contributed by atoms with E-state index in [0.29, 0.717) is 33.6 Å². The standard InChI is InChI=1S/C22H22ClN5O2S/c1-3-4-11-27-20(30)16-7-5-6-8-18(16)28-21(27)25-26-22(28)31-13-19(29)24-15-10-9-14(2)17(23)12-15/h5-10,12H,3-4,11,13H2,1-2H3,(H,24,29). The Balaban J connectivity index is 1.63. The maximum Gasteiger partial charge on any atom is 0.262 e. The van der Waals surface area contributed by atoms with Gasteiger partial charge in [0.25, 0.3) is 5.56 Å². The van der Waals surface area contributed by atoms with Crippen LogP contribution in [0, 0.1) is 6.92 Å². The van der Waals surface area contributed by atoms with Crippen molar-refractivity contribution in [1.82, 2.24) is 19.2 Å². The zero-order valence-corrected chi connectivity index (χ0v) is 18.8. The van der Waals surface area contributed by atoms with Gasteiger partial charge in [0.05, 0.1) is 16.7 Å². The molecule has 0 aliphatic carbocycles. The van der Waals surface area contributed by atoms with Crippen LogP contribution in [-0.2, 0) is 11.3 Å². The molecule has 0 radical (unpaired) electrons. The zero-order valence-electron chi connectivity index (χ0n) is 17.3. The van der Waals surface area contributed by atoms with Crippen molar-refractivity contribution in [3.05, 3.63) is 63.4 Å². The van der Waals surface area contributed by atoms with Gasteiger partial charge in [-0.25, -0.2) is 0 Å². The van der Waals surface area contributed by atoms with Gasteiger partial charge in [0.2, 0.25) is 11.7 Å². The molecule has 2 aromatic heterocycles. The summed E-state index contributed by atoms with van der Waals surface area (Å²) in [5.41, 5.74) is 2.25. The first kappa shape index (κ1) is 21.4. The van der Waals surface area contributed by atoms with Gasteiger partial charge < -0.3 is 5.32 Å². The second kappa shape index (κ2) is 9.11. The molecular weight excluding hydrogens is 434 g/mol. The fourth-order valence-corrected chi connectivity index (χ4v) is 4.26. The van der Waals surface area contributed by atoms with E-state index in [9.17, 15) is 9.59 Å². The molecule has 0 bridgehead atoms. The van der Waals surface area contributed by atoms with Crippen LogP contribution in [0.4, 0.5) is 5.69 Å². The highest BCUT2D eigenvalue weighted by atomic mass is 35.5. The molecule has 4 rings (SSSR count). The summed E-state index contributed by atoms with van der Waals surface area (Å²) in [5, 5.41) is 13.2. The van der Waals surface area contributed by atoms with E-state index in [1.54, 1.807) is 10.6 Å². The van der Waals surface area contributed by atoms with Crippen LogP contribution in [0.1, 0.15) is 25.3 Å². The van der Waals surface area contributed by atoms with Crippen LogP contribution in [0.25, 0.3) is 16.7 Å². The van der Waals surface area contributed by atoms with Crippen LogP contribution in [-0.4, -0.2) is 30.8 Å². The summed E-state index contributed by atoms with van der Waals surface area (Å²) in [6.45, 7) is 4.56. The van der Waals surface area contributed by atoms with Gasteiger partial charge in [0.1, 0.15) is 0 Å². The second-order valence-electron chi connectivity index (χ2n) is 7.25. The number of fused-ring (bicyclic) bond motifs is 3. The van der Waals surface area contributed by atoms with E-state index < -0.39 is 0 Å². The summed E-state index contributed by atoms with van der Waals surface area (Å²) in [6.07, 6.45) is 1.83. The first-order valence-electron chi connectivity index (χ1n) is 10.0. The van der Waals surface area contributed by atoms with Crippen LogP contribution >= 0.6 is 23.4 Å². The number of thioether (sulfide) groups is 1. The number of halogens is 1. The SMILES string of the molecule is CCCCn1c(=O)c2ccccc2n2c(SCC(=O)Nc3ccc(C)c(Cl)c3)nnc12. The van der Waals surface area contributed by atoms with Crippen LogP contribution in [0.2, 0.25) is 5.02 Å². The lowest BCUT2D eigenvalue weighted by Gasteiger charge is -2.11. The average molecular weight is 456 g/mol. The van der Waals surface area contributed by atoms with Crippen molar-refractivity contribution in [2.24, 2.45) is 0 Å². The Hall–Kier alpha value is -2.84. The smallest absolute Gasteiger partial charge is 0.262 e. The molecular formula is C22H22ClN5O2S. The molecule has 0 aliphatic rings. The van der Waals surface area contributed by atoms with Crippen molar-refractivity contribution in [2.45, 2.75) is 38.4 Å². The number of amides is 1. The first-order valence-corrected chi connectivity index (χ1v) is 11.4. The van der Waals surface area contributed by atoms with Gasteiger partial charge in [0, 0.05) is 17.3 Å². The Morgan fingerprint density at radius 3 is 2.77 bits per heavy atom. The van der Waals surface area contributed by atoms with E-state index in [1.165, 1.54) is 11.8 Å². The second-order valence-corrected chi connectivity index (χ2v) is 8.60. The molecule has 2 heterocycles. The fourth-order valence-electron chi connectivity index (χ4n) is 3.34. The number of carbonyl (C=O) groups excluding carboxylic acids is 1. The molecule has 0 saturated heterocycles. The number of hydrogen-bond donors (Lipinski definition) is 1. The largest absolute Gasteiger partial charge is 0.325 e. The highest BCUT2D eigenvalue weighted by Gasteiger charge is 2.17. The Labute approximate surface area is 188 Å². The summed E-state index contributed by atoms with van der Waals surface area (Å²) in [5.74, 6) is 0.463. The van der Waals surface area contributed by atoms with Crippen molar-refractivity contribution < 1.29 is 4.79 Å². The predicted molar refractivity (Wildman–Crippen MR) is 125 cm³/mol. The third kappa shape index (κ3) is 4.31. The normalized spacial score (nSPS) is 11.3. The Morgan fingerprint density at radius 1 is 1.19 bits per heavy atom. The summed E-state index contributed by atoms with van der Waals surface area (Å²) >= 11 is 7.41. The lowest BCUT2D eigenvalue weighted by molar-refractivity contribution is -0.113. The lowest BCUT2D eigenvalue weighted by Crippen LogP contribution is -2.23. The van der Waals surface area contributed by atoms with E-state index in [4.69, 9.17) is 11.6 Å². The van der Waals surface area contributed by atoms with E-state index in [1.807, 2.05) is 47.7 Å². The summed E-state index contributed by atoms with van der Waals surface area (Å²) in [4.78, 5) is 25.5. The number of anilines is 1. The molecule has 31 heavy (non-hydrogen) atoms. The number of benzene rings is 2. The molecule has 0 saturated carbocycles. The number of nitrogens with zero attached hydrogens (tertiary/aromatic N) is 4. The highest BCUT2D eigenvalue weighted by Crippen LogP contribution is 2.23. The van der Waals surface area contributed by atoms with E-state index in [0.717, 1.165) is 23.9 Å². The van der Waals surface area contributed by atoms with Crippen molar-refractivity contribution in [3.63, 3.8) is 0 Å². The van der Waals surface area contributed by atoms with Crippen molar-refractivity contribution in [3.8, 4) is 0 Å². The molecule has 160 valence electrons. The summed E-state index contributed by atoms with van der Waals surface area (Å²) in [7, 11) is 0. The monoisotopic (exact) mass is 455 g/mol. The number of carbonyl (C=O) groups is 1. The number of aryl methyl sites for hydroxylation is 2. The Morgan fingerprint density at radius 2 is 2.00 bits per heavy atom. The van der Waals surface area contributed by atoms with Gasteiger partial charge in [0.15, 0.2) is 5.16 Å². The summed E-state index contributed by atoms with van der Waals surface area (Å²) in [6, 6.07) is 12.8. The number of aromatic nitrogens is 4. The average Bonchev–Trinajstić information content (AvgIpc) is 3.19. The van der Waals surface area contributed by atoms with Gasteiger partial charge in [-0.2, -0.15) is 0 Å². The fraction of sp³-hybridized carbons (Fsp3) is 0.273. The first-order chi connectivity index (χ1) is 15.0. The molecule has 1 amide bonds. The highest BCUT2D eigenvalue weighted by molar-refractivity contribution is 7.99. The number of para-hydroxylation sites is 1. The lowest BCUT2D eigenvalue weighted by atomic mass is 10.2. The van der Waals surface area contributed by atoms with Crippen molar-refractivity contribution in [2.75, 3.05) is 11.1 Å². The van der Waals surface area contributed by atoms with Crippen LogP contribution < -0.4 is 10.9 Å². The van der Waals surface area contributed by atoms with Crippen LogP contribution in [0.3, 0.4) is 0 Å². The van der Waals surface area contributed by atoms with Gasteiger partial charge >= 0.3 is 0 Å². The van der Waals surface area contributed by atoms with E-state index >= 15 is 0 Å². The molecule has 0 spiro atoms. The molecule has 0 fully saturated rings. The van der Waals surface area contributed by atoms with Crippen molar-refractivity contribution in [1.29, 1.82) is 0 Å². The Bertz CT molecular complexity index is 1330. The van der Waals surface area contributed by atoms with Gasteiger partial charge in [-0.3, -0.25) is 18.6 Å². The minimum absolute atomic E-state index is 0.0745. The van der Waals surface area contributed by atoms with Gasteiger partial charge in [-0.1, -0.05) is 54.9 Å². The molecule has 0 aliphatic heterocycles. The third-order valence-electron chi connectivity index (χ3n) is 5.00. The van der Waals surface area contributed by atoms with Crippen LogP contribution in [0.5, 0.6) is 0 Å². The molecule has 2 aromatic carbocycles.